The number of pyridine rings is 1. The lowest BCUT2D eigenvalue weighted by molar-refractivity contribution is -0.137. The summed E-state index contributed by atoms with van der Waals surface area (Å²) in [4.78, 5) is 39.3. The van der Waals surface area contributed by atoms with E-state index < -0.39 is 42.3 Å². The predicted molar refractivity (Wildman–Crippen MR) is 127 cm³/mol. The molecule has 1 fully saturated rings. The van der Waals surface area contributed by atoms with E-state index in [9.17, 15) is 27.2 Å². The summed E-state index contributed by atoms with van der Waals surface area (Å²) in [6.45, 7) is -0.750. The van der Waals surface area contributed by atoms with Gasteiger partial charge in [-0.25, -0.2) is 19.3 Å². The van der Waals surface area contributed by atoms with Gasteiger partial charge in [-0.3, -0.25) is 9.59 Å². The molecule has 0 aliphatic carbocycles. The molecule has 3 N–H and O–H groups in total. The number of carbonyl (C=O) groups is 2. The molecule has 0 unspecified atom stereocenters. The van der Waals surface area contributed by atoms with Crippen LogP contribution in [0.4, 0.5) is 29.2 Å². The Bertz CT molecular complexity index is 1540. The number of halogens is 5. The van der Waals surface area contributed by atoms with E-state index >= 15 is 0 Å². The van der Waals surface area contributed by atoms with Crippen LogP contribution < -0.4 is 11.1 Å². The second-order valence-corrected chi connectivity index (χ2v) is 8.89. The average molecular weight is 536 g/mol. The second-order valence-electron chi connectivity index (χ2n) is 8.50. The Balaban J connectivity index is 1.48. The molecule has 4 aromatic rings. The first-order chi connectivity index (χ1) is 17.5. The van der Waals surface area contributed by atoms with E-state index in [4.69, 9.17) is 17.3 Å². The van der Waals surface area contributed by atoms with Crippen molar-refractivity contribution in [2.75, 3.05) is 17.6 Å². The van der Waals surface area contributed by atoms with Gasteiger partial charge >= 0.3 is 6.18 Å². The molecule has 1 aromatic carbocycles. The molecule has 14 heteroatoms. The fraction of sp³-hybridized carbons (Fsp3) is 0.261. The van der Waals surface area contributed by atoms with Gasteiger partial charge in [0.1, 0.15) is 47.5 Å². The van der Waals surface area contributed by atoms with Crippen LogP contribution in [0.15, 0.2) is 42.7 Å². The van der Waals surface area contributed by atoms with E-state index in [-0.39, 0.29) is 51.7 Å². The van der Waals surface area contributed by atoms with Crippen molar-refractivity contribution in [2.45, 2.75) is 31.4 Å². The van der Waals surface area contributed by atoms with Crippen molar-refractivity contribution in [2.24, 2.45) is 0 Å². The highest BCUT2D eigenvalue weighted by Crippen LogP contribution is 2.36. The van der Waals surface area contributed by atoms with Gasteiger partial charge in [0.05, 0.1) is 23.0 Å². The third-order valence-electron chi connectivity index (χ3n) is 6.13. The van der Waals surface area contributed by atoms with Crippen LogP contribution in [0.25, 0.3) is 21.9 Å². The maximum Gasteiger partial charge on any atom is 0.416 e. The topological polar surface area (TPSA) is 119 Å². The van der Waals surface area contributed by atoms with Gasteiger partial charge in [-0.2, -0.15) is 13.2 Å². The van der Waals surface area contributed by atoms with E-state index in [0.717, 1.165) is 23.4 Å². The van der Waals surface area contributed by atoms with Gasteiger partial charge in [-0.15, -0.1) is 0 Å². The summed E-state index contributed by atoms with van der Waals surface area (Å²) < 4.78 is 55.8. The van der Waals surface area contributed by atoms with Crippen molar-refractivity contribution in [3.05, 3.63) is 53.4 Å². The molecule has 1 aliphatic rings. The number of fused-ring (bicyclic) bond motifs is 3. The van der Waals surface area contributed by atoms with E-state index in [1.54, 1.807) is 6.07 Å². The molecule has 0 spiro atoms. The maximum absolute atomic E-state index is 14.4. The molecular formula is C23H18ClF4N7O2. The van der Waals surface area contributed by atoms with Crippen LogP contribution in [0.5, 0.6) is 0 Å². The first-order valence-corrected chi connectivity index (χ1v) is 11.4. The lowest BCUT2D eigenvalue weighted by Gasteiger charge is -2.24. The third kappa shape index (κ3) is 4.61. The monoisotopic (exact) mass is 535 g/mol. The molecule has 0 saturated carbocycles. The van der Waals surface area contributed by atoms with Gasteiger partial charge in [0.25, 0.3) is 0 Å². The number of benzene rings is 1. The molecule has 192 valence electrons. The highest BCUT2D eigenvalue weighted by molar-refractivity contribution is 6.29. The van der Waals surface area contributed by atoms with Crippen molar-refractivity contribution >= 4 is 57.0 Å². The van der Waals surface area contributed by atoms with E-state index in [2.05, 4.69) is 20.3 Å². The number of nitrogens with zero attached hydrogens (tertiary/aromatic N) is 5. The van der Waals surface area contributed by atoms with Crippen molar-refractivity contribution < 1.29 is 27.2 Å². The zero-order valence-electron chi connectivity index (χ0n) is 18.8. The van der Waals surface area contributed by atoms with Crippen LogP contribution >= 0.6 is 11.6 Å². The Hall–Kier alpha value is -4.00. The summed E-state index contributed by atoms with van der Waals surface area (Å²) >= 11 is 5.84. The number of amides is 2. The minimum absolute atomic E-state index is 0.0585. The Morgan fingerprint density at radius 2 is 1.97 bits per heavy atom. The average Bonchev–Trinajstić information content (AvgIpc) is 3.37. The molecule has 1 saturated heterocycles. The van der Waals surface area contributed by atoms with Crippen molar-refractivity contribution in [1.82, 2.24) is 24.4 Å². The van der Waals surface area contributed by atoms with Crippen molar-refractivity contribution in [3.63, 3.8) is 0 Å². The number of nitrogen functional groups attached to an aromatic ring is 1. The SMILES string of the molecule is Nc1ncnc2c1c1cc(C(F)(F)F)ccc1n2CC(=O)N1C[C@H](F)C[C@@H]1C(=O)Nc1cccc(Cl)n1. The molecule has 37 heavy (non-hydrogen) atoms. The number of hydrogen-bond donors (Lipinski definition) is 2. The van der Waals surface area contributed by atoms with Crippen LogP contribution in [0.1, 0.15) is 12.0 Å². The number of anilines is 2. The number of nitrogens with two attached hydrogens (primary N) is 1. The fourth-order valence-electron chi connectivity index (χ4n) is 4.50. The summed E-state index contributed by atoms with van der Waals surface area (Å²) in [5.41, 5.74) is 5.44. The molecule has 4 heterocycles. The predicted octanol–water partition coefficient (Wildman–Crippen LogP) is 3.81. The van der Waals surface area contributed by atoms with Crippen molar-refractivity contribution in [3.8, 4) is 0 Å². The van der Waals surface area contributed by atoms with Crippen LogP contribution in [-0.2, 0) is 22.3 Å². The molecule has 3 aromatic heterocycles. The lowest BCUT2D eigenvalue weighted by Crippen LogP contribution is -2.44. The van der Waals surface area contributed by atoms with Crippen LogP contribution in [-0.4, -0.2) is 55.0 Å². The number of hydrogen-bond acceptors (Lipinski definition) is 6. The minimum Gasteiger partial charge on any atom is -0.383 e. The Kier molecular flexibility index (Phi) is 6.10. The maximum atomic E-state index is 14.4. The number of aromatic nitrogens is 4. The first-order valence-electron chi connectivity index (χ1n) is 11.0. The zero-order valence-corrected chi connectivity index (χ0v) is 19.6. The highest BCUT2D eigenvalue weighted by Gasteiger charge is 2.40. The smallest absolute Gasteiger partial charge is 0.383 e. The van der Waals surface area contributed by atoms with E-state index in [1.165, 1.54) is 22.8 Å². The summed E-state index contributed by atoms with van der Waals surface area (Å²) in [6, 6.07) is 6.46. The molecule has 1 aliphatic heterocycles. The van der Waals surface area contributed by atoms with Gasteiger partial charge in [0.15, 0.2) is 0 Å². The number of carbonyl (C=O) groups excluding carboxylic acids is 2. The van der Waals surface area contributed by atoms with Gasteiger partial charge in [0, 0.05) is 11.8 Å². The highest BCUT2D eigenvalue weighted by atomic mass is 35.5. The fourth-order valence-corrected chi connectivity index (χ4v) is 4.66. The van der Waals surface area contributed by atoms with Crippen LogP contribution in [0.3, 0.4) is 0 Å². The van der Waals surface area contributed by atoms with Gasteiger partial charge in [0.2, 0.25) is 11.8 Å². The van der Waals surface area contributed by atoms with Gasteiger partial charge in [-0.1, -0.05) is 17.7 Å². The number of rotatable bonds is 4. The Morgan fingerprint density at radius 3 is 2.70 bits per heavy atom. The third-order valence-corrected chi connectivity index (χ3v) is 6.34. The Labute approximate surface area is 211 Å². The number of nitrogens with one attached hydrogen (secondary N) is 1. The first kappa shape index (κ1) is 24.7. The van der Waals surface area contributed by atoms with Gasteiger partial charge in [-0.05, 0) is 30.3 Å². The van der Waals surface area contributed by atoms with Gasteiger partial charge < -0.3 is 20.5 Å². The standard InChI is InChI=1S/C23H18ClF4N7O2/c24-16-2-1-3-17(32-16)33-22(37)15-7-12(25)8-34(15)18(36)9-35-14-5-4-11(23(26,27)28)6-13(14)19-20(29)30-10-31-21(19)35/h1-6,10,12,15H,7-9H2,(H2,29,30,31)(H,32,33,37)/t12-,15-/m1/s1. The van der Waals surface area contributed by atoms with E-state index in [1.807, 2.05) is 0 Å². The number of alkyl halides is 4. The van der Waals surface area contributed by atoms with E-state index in [0.29, 0.717) is 0 Å². The quantitative estimate of drug-likeness (QED) is 0.303. The summed E-state index contributed by atoms with van der Waals surface area (Å²) in [5, 5.41) is 2.94. The molecule has 2 atom stereocenters. The van der Waals surface area contributed by atoms with Crippen LogP contribution in [0, 0.1) is 0 Å². The summed E-state index contributed by atoms with van der Waals surface area (Å²) in [6.07, 6.45) is -5.15. The molecule has 0 bridgehead atoms. The molecule has 9 nitrogen and oxygen atoms in total. The minimum atomic E-state index is -4.60. The summed E-state index contributed by atoms with van der Waals surface area (Å²) in [5.74, 6) is -1.19. The van der Waals surface area contributed by atoms with Crippen LogP contribution in [0.2, 0.25) is 5.15 Å². The summed E-state index contributed by atoms with van der Waals surface area (Å²) in [7, 11) is 0. The lowest BCUT2D eigenvalue weighted by atomic mass is 10.1. The van der Waals surface area contributed by atoms with Crippen molar-refractivity contribution in [1.29, 1.82) is 0 Å². The molecule has 0 radical (unpaired) electrons. The number of likely N-dealkylation sites (tertiary alicyclic amines) is 1. The zero-order chi connectivity index (χ0) is 26.5. The molecule has 2 amide bonds. The normalized spacial score (nSPS) is 18.0. The largest absolute Gasteiger partial charge is 0.416 e. The Morgan fingerprint density at radius 1 is 1.19 bits per heavy atom. The second kappa shape index (κ2) is 9.14. The molecular weight excluding hydrogens is 518 g/mol. The molecule has 5 rings (SSSR count).